The lowest BCUT2D eigenvalue weighted by atomic mass is 10.1. The van der Waals surface area contributed by atoms with Gasteiger partial charge in [0.15, 0.2) is 0 Å². The average Bonchev–Trinajstić information content (AvgIpc) is 2.31. The zero-order chi connectivity index (χ0) is 13.3. The second-order valence-electron chi connectivity index (χ2n) is 4.15. The quantitative estimate of drug-likeness (QED) is 0.798. The summed E-state index contributed by atoms with van der Waals surface area (Å²) in [5, 5.41) is 0.0527. The van der Waals surface area contributed by atoms with Crippen molar-refractivity contribution in [2.45, 2.75) is 23.6 Å². The Morgan fingerprint density at radius 3 is 2.50 bits per heavy atom. The second-order valence-corrected chi connectivity index (χ2v) is 5.67. The second kappa shape index (κ2) is 5.21. The van der Waals surface area contributed by atoms with Crippen LogP contribution < -0.4 is 5.73 Å². The largest absolute Gasteiger partial charge is 0.398 e. The third-order valence-corrected chi connectivity index (χ3v) is 4.11. The summed E-state index contributed by atoms with van der Waals surface area (Å²) in [6.45, 7) is 4.10. The molecule has 2 rings (SSSR count). The Morgan fingerprint density at radius 2 is 1.83 bits per heavy atom. The van der Waals surface area contributed by atoms with Crippen molar-refractivity contribution in [1.29, 1.82) is 0 Å². The molecule has 4 heteroatoms. The van der Waals surface area contributed by atoms with Gasteiger partial charge in [-0.1, -0.05) is 29.4 Å². The van der Waals surface area contributed by atoms with Crippen LogP contribution in [-0.4, -0.2) is 0 Å². The summed E-state index contributed by atoms with van der Waals surface area (Å²) in [6.07, 6.45) is 0. The smallest absolute Gasteiger partial charge is 0.143 e. The molecule has 0 aliphatic rings. The van der Waals surface area contributed by atoms with Crippen LogP contribution in [0.3, 0.4) is 0 Å². The van der Waals surface area contributed by atoms with Crippen molar-refractivity contribution in [3.05, 3.63) is 52.3 Å². The van der Waals surface area contributed by atoms with Crippen molar-refractivity contribution in [2.24, 2.45) is 0 Å². The Morgan fingerprint density at radius 1 is 1.11 bits per heavy atom. The lowest BCUT2D eigenvalue weighted by Gasteiger charge is -2.08. The van der Waals surface area contributed by atoms with Crippen LogP contribution in [0.2, 0.25) is 5.02 Å². The van der Waals surface area contributed by atoms with E-state index >= 15 is 0 Å². The normalized spacial score (nSPS) is 10.7. The number of nitrogen functional groups attached to an aromatic ring is 1. The van der Waals surface area contributed by atoms with Gasteiger partial charge in [-0.25, -0.2) is 4.39 Å². The van der Waals surface area contributed by atoms with Crippen LogP contribution in [0, 0.1) is 19.7 Å². The number of halogens is 2. The van der Waals surface area contributed by atoms with Crippen LogP contribution in [0.1, 0.15) is 11.1 Å². The highest BCUT2D eigenvalue weighted by atomic mass is 35.5. The van der Waals surface area contributed by atoms with Gasteiger partial charge in [0.1, 0.15) is 5.82 Å². The third kappa shape index (κ3) is 2.79. The Kier molecular flexibility index (Phi) is 3.83. The van der Waals surface area contributed by atoms with Gasteiger partial charge in [0.25, 0.3) is 0 Å². The molecule has 1 nitrogen and oxygen atoms in total. The molecule has 94 valence electrons. The summed E-state index contributed by atoms with van der Waals surface area (Å²) in [5.41, 5.74) is 8.76. The lowest BCUT2D eigenvalue weighted by Crippen LogP contribution is -1.91. The van der Waals surface area contributed by atoms with E-state index in [0.717, 1.165) is 4.90 Å². The van der Waals surface area contributed by atoms with Gasteiger partial charge >= 0.3 is 0 Å². The fourth-order valence-electron chi connectivity index (χ4n) is 1.54. The molecule has 0 heterocycles. The molecule has 0 aromatic heterocycles. The minimum absolute atomic E-state index is 0.0527. The van der Waals surface area contributed by atoms with Gasteiger partial charge in [-0.15, -0.1) is 0 Å². The molecule has 2 N–H and O–H groups in total. The van der Waals surface area contributed by atoms with Crippen molar-refractivity contribution in [3.63, 3.8) is 0 Å². The SMILES string of the molecule is Cc1ccc(Sc2cc(F)c(Cl)cc2N)cc1C. The fraction of sp³-hybridized carbons (Fsp3) is 0.143. The molecule has 0 radical (unpaired) electrons. The van der Waals surface area contributed by atoms with E-state index in [-0.39, 0.29) is 5.02 Å². The molecule has 0 saturated heterocycles. The lowest BCUT2D eigenvalue weighted by molar-refractivity contribution is 0.625. The molecule has 0 fully saturated rings. The molecular formula is C14H13ClFNS. The minimum atomic E-state index is -0.447. The van der Waals surface area contributed by atoms with E-state index in [1.807, 2.05) is 19.1 Å². The van der Waals surface area contributed by atoms with Crippen LogP contribution in [0.25, 0.3) is 0 Å². The number of hydrogen-bond donors (Lipinski definition) is 1. The first-order valence-electron chi connectivity index (χ1n) is 5.47. The van der Waals surface area contributed by atoms with E-state index in [0.29, 0.717) is 10.6 Å². The standard InChI is InChI=1S/C14H13ClFNS/c1-8-3-4-10(5-9(8)2)18-14-7-12(16)11(15)6-13(14)17/h3-7H,17H2,1-2H3. The van der Waals surface area contributed by atoms with E-state index in [4.69, 9.17) is 17.3 Å². The van der Waals surface area contributed by atoms with Crippen molar-refractivity contribution < 1.29 is 4.39 Å². The maximum absolute atomic E-state index is 13.4. The molecule has 0 aliphatic heterocycles. The molecule has 0 saturated carbocycles. The van der Waals surface area contributed by atoms with Crippen molar-refractivity contribution in [3.8, 4) is 0 Å². The molecule has 0 spiro atoms. The highest BCUT2D eigenvalue weighted by molar-refractivity contribution is 7.99. The van der Waals surface area contributed by atoms with E-state index in [1.165, 1.54) is 35.0 Å². The zero-order valence-corrected chi connectivity index (χ0v) is 11.7. The van der Waals surface area contributed by atoms with Gasteiger partial charge in [0, 0.05) is 15.5 Å². The fourth-order valence-corrected chi connectivity index (χ4v) is 2.67. The van der Waals surface area contributed by atoms with Gasteiger partial charge in [-0.05, 0) is 49.2 Å². The molecular weight excluding hydrogens is 269 g/mol. The molecule has 0 atom stereocenters. The Balaban J connectivity index is 2.34. The van der Waals surface area contributed by atoms with E-state index < -0.39 is 5.82 Å². The summed E-state index contributed by atoms with van der Waals surface area (Å²) >= 11 is 7.11. The van der Waals surface area contributed by atoms with E-state index in [2.05, 4.69) is 13.0 Å². The van der Waals surface area contributed by atoms with Crippen LogP contribution in [0.5, 0.6) is 0 Å². The van der Waals surface area contributed by atoms with Crippen LogP contribution in [0.15, 0.2) is 40.1 Å². The summed E-state index contributed by atoms with van der Waals surface area (Å²) in [5.74, 6) is -0.447. The molecule has 2 aromatic carbocycles. The van der Waals surface area contributed by atoms with Gasteiger partial charge in [0.05, 0.1) is 5.02 Å². The van der Waals surface area contributed by atoms with Crippen LogP contribution >= 0.6 is 23.4 Å². The zero-order valence-electron chi connectivity index (χ0n) is 10.1. The first-order valence-corrected chi connectivity index (χ1v) is 6.66. The van der Waals surface area contributed by atoms with Crippen molar-refractivity contribution in [1.82, 2.24) is 0 Å². The Hall–Kier alpha value is -1.19. The number of aryl methyl sites for hydroxylation is 2. The van der Waals surface area contributed by atoms with Crippen molar-refractivity contribution in [2.75, 3.05) is 5.73 Å². The van der Waals surface area contributed by atoms with E-state index in [9.17, 15) is 4.39 Å². The summed E-state index contributed by atoms with van der Waals surface area (Å²) < 4.78 is 13.4. The number of rotatable bonds is 2. The van der Waals surface area contributed by atoms with Crippen LogP contribution in [0.4, 0.5) is 10.1 Å². The first kappa shape index (κ1) is 13.2. The van der Waals surface area contributed by atoms with Gasteiger partial charge in [-0.3, -0.25) is 0 Å². The molecule has 0 unspecified atom stereocenters. The topological polar surface area (TPSA) is 26.0 Å². The number of benzene rings is 2. The van der Waals surface area contributed by atoms with E-state index in [1.54, 1.807) is 0 Å². The number of anilines is 1. The molecule has 2 aromatic rings. The number of nitrogens with two attached hydrogens (primary N) is 1. The maximum atomic E-state index is 13.4. The summed E-state index contributed by atoms with van der Waals surface area (Å²) in [4.78, 5) is 1.71. The molecule has 0 amide bonds. The highest BCUT2D eigenvalue weighted by Gasteiger charge is 2.08. The predicted molar refractivity (Wildman–Crippen MR) is 75.9 cm³/mol. The maximum Gasteiger partial charge on any atom is 0.143 e. The molecule has 0 aliphatic carbocycles. The Bertz CT molecular complexity index is 599. The minimum Gasteiger partial charge on any atom is -0.398 e. The highest BCUT2D eigenvalue weighted by Crippen LogP contribution is 2.35. The van der Waals surface area contributed by atoms with Crippen molar-refractivity contribution >= 4 is 29.1 Å². The molecule has 0 bridgehead atoms. The first-order chi connectivity index (χ1) is 8.47. The third-order valence-electron chi connectivity index (χ3n) is 2.76. The number of hydrogen-bond acceptors (Lipinski definition) is 2. The average molecular weight is 282 g/mol. The molecule has 18 heavy (non-hydrogen) atoms. The summed E-state index contributed by atoms with van der Waals surface area (Å²) in [6, 6.07) is 8.92. The Labute approximate surface area is 115 Å². The monoisotopic (exact) mass is 281 g/mol. The van der Waals surface area contributed by atoms with Crippen LogP contribution in [-0.2, 0) is 0 Å². The summed E-state index contributed by atoms with van der Waals surface area (Å²) in [7, 11) is 0. The van der Waals surface area contributed by atoms with Gasteiger partial charge in [-0.2, -0.15) is 0 Å². The van der Waals surface area contributed by atoms with Gasteiger partial charge < -0.3 is 5.73 Å². The predicted octanol–water partition coefficient (Wildman–Crippen LogP) is 4.83. The van der Waals surface area contributed by atoms with Gasteiger partial charge in [0.2, 0.25) is 0 Å².